The molecule has 1 nitrogen and oxygen atoms in total. The topological polar surface area (TPSA) is 17.1 Å². The Morgan fingerprint density at radius 2 is 2.33 bits per heavy atom. The molecule has 1 aromatic heterocycles. The lowest BCUT2D eigenvalue weighted by molar-refractivity contribution is 0.0968. The summed E-state index contributed by atoms with van der Waals surface area (Å²) < 4.78 is 1.18. The third-order valence-corrected chi connectivity index (χ3v) is 3.27. The van der Waals surface area contributed by atoms with Crippen LogP contribution in [0.4, 0.5) is 0 Å². The van der Waals surface area contributed by atoms with Crippen LogP contribution in [0, 0.1) is 8.80 Å². The number of carbonyl (C=O) groups excluding carboxylic acids is 1. The summed E-state index contributed by atoms with van der Waals surface area (Å²) in [6.45, 7) is 4.13. The van der Waals surface area contributed by atoms with Crippen LogP contribution >= 0.6 is 33.9 Å². The number of hydrogen-bond donors (Lipinski definition) is 0. The highest BCUT2D eigenvalue weighted by Gasteiger charge is 2.09. The van der Waals surface area contributed by atoms with Gasteiger partial charge in [-0.05, 0) is 34.6 Å². The number of carbonyl (C=O) groups is 1. The summed E-state index contributed by atoms with van der Waals surface area (Å²) in [5, 5.41) is 1.94. The van der Waals surface area contributed by atoms with Crippen molar-refractivity contribution < 1.29 is 4.79 Å². The van der Waals surface area contributed by atoms with Crippen molar-refractivity contribution in [2.75, 3.05) is 0 Å². The van der Waals surface area contributed by atoms with Crippen LogP contribution in [0.15, 0.2) is 11.4 Å². The molecule has 0 atom stereocenters. The Kier molecular flexibility index (Phi) is 3.71. The van der Waals surface area contributed by atoms with Gasteiger partial charge in [0.25, 0.3) is 0 Å². The average Bonchev–Trinajstić information content (AvgIpc) is 2.34. The Morgan fingerprint density at radius 3 is 2.75 bits per heavy atom. The Bertz CT molecular complexity index is 278. The molecule has 0 N–H and O–H groups in total. The summed E-state index contributed by atoms with van der Waals surface area (Å²) >= 11 is 3.86. The highest BCUT2D eigenvalue weighted by atomic mass is 127. The van der Waals surface area contributed by atoms with E-state index in [1.165, 1.54) is 2.88 Å². The molecule has 0 saturated carbocycles. The van der Waals surface area contributed by atoms with Gasteiger partial charge in [-0.25, -0.2) is 0 Å². The third kappa shape index (κ3) is 2.86. The zero-order valence-corrected chi connectivity index (χ0v) is 10.1. The predicted octanol–water partition coefficient (Wildman–Crippen LogP) is 3.58. The molecule has 0 unspecified atom stereocenters. The Balaban J connectivity index is 2.65. The fraction of sp³-hybridized carbons (Fsp3) is 0.444. The second kappa shape index (κ2) is 4.37. The normalized spacial score (nSPS) is 10.7. The standard InChI is InChI=1S/C9H11IOS/c1-6(2)3-8(11)7-4-9(10)12-5-7/h4-6H,3H2,1-2H3. The second-order valence-corrected chi connectivity index (χ2v) is 5.97. The summed E-state index contributed by atoms with van der Waals surface area (Å²) in [6.07, 6.45) is 0.660. The molecule has 0 saturated heterocycles. The Morgan fingerprint density at radius 1 is 1.67 bits per heavy atom. The van der Waals surface area contributed by atoms with Crippen molar-refractivity contribution >= 4 is 39.7 Å². The van der Waals surface area contributed by atoms with Gasteiger partial charge in [0.15, 0.2) is 5.78 Å². The lowest BCUT2D eigenvalue weighted by Crippen LogP contribution is -2.01. The van der Waals surface area contributed by atoms with E-state index in [-0.39, 0.29) is 5.78 Å². The molecular formula is C9H11IOS. The molecule has 66 valence electrons. The van der Waals surface area contributed by atoms with Crippen LogP contribution in [0.5, 0.6) is 0 Å². The van der Waals surface area contributed by atoms with Crippen molar-refractivity contribution in [3.05, 3.63) is 19.9 Å². The van der Waals surface area contributed by atoms with E-state index in [0.29, 0.717) is 12.3 Å². The molecule has 0 aliphatic heterocycles. The third-order valence-electron chi connectivity index (χ3n) is 1.48. The Hall–Kier alpha value is 0.1000. The largest absolute Gasteiger partial charge is 0.294 e. The minimum absolute atomic E-state index is 0.268. The van der Waals surface area contributed by atoms with Gasteiger partial charge in [-0.15, -0.1) is 11.3 Å². The maximum atomic E-state index is 11.5. The first-order valence-electron chi connectivity index (χ1n) is 3.87. The van der Waals surface area contributed by atoms with E-state index in [1.54, 1.807) is 11.3 Å². The lowest BCUT2D eigenvalue weighted by atomic mass is 10.0. The van der Waals surface area contributed by atoms with E-state index >= 15 is 0 Å². The van der Waals surface area contributed by atoms with E-state index in [4.69, 9.17) is 0 Å². The smallest absolute Gasteiger partial charge is 0.164 e. The first-order valence-corrected chi connectivity index (χ1v) is 5.82. The van der Waals surface area contributed by atoms with E-state index in [2.05, 4.69) is 36.4 Å². The molecule has 12 heavy (non-hydrogen) atoms. The van der Waals surface area contributed by atoms with Crippen LogP contribution < -0.4 is 0 Å². The van der Waals surface area contributed by atoms with E-state index < -0.39 is 0 Å². The van der Waals surface area contributed by atoms with Gasteiger partial charge < -0.3 is 0 Å². The minimum Gasteiger partial charge on any atom is -0.294 e. The Labute approximate surface area is 90.3 Å². The molecule has 0 aliphatic rings. The van der Waals surface area contributed by atoms with Gasteiger partial charge in [0.05, 0.1) is 2.88 Å². The molecule has 1 aromatic rings. The summed E-state index contributed by atoms with van der Waals surface area (Å²) in [7, 11) is 0. The summed E-state index contributed by atoms with van der Waals surface area (Å²) in [5.74, 6) is 0.722. The van der Waals surface area contributed by atoms with Gasteiger partial charge in [0.2, 0.25) is 0 Å². The predicted molar refractivity (Wildman–Crippen MR) is 60.8 cm³/mol. The van der Waals surface area contributed by atoms with Gasteiger partial charge in [0.1, 0.15) is 0 Å². The van der Waals surface area contributed by atoms with Crippen LogP contribution in [0.25, 0.3) is 0 Å². The number of thiophene rings is 1. The zero-order chi connectivity index (χ0) is 9.14. The van der Waals surface area contributed by atoms with Crippen LogP contribution in [0.3, 0.4) is 0 Å². The molecule has 0 radical (unpaired) electrons. The molecule has 0 amide bonds. The maximum absolute atomic E-state index is 11.5. The molecule has 0 bridgehead atoms. The lowest BCUT2D eigenvalue weighted by Gasteiger charge is -2.00. The highest BCUT2D eigenvalue weighted by molar-refractivity contribution is 14.1. The highest BCUT2D eigenvalue weighted by Crippen LogP contribution is 2.19. The number of hydrogen-bond acceptors (Lipinski definition) is 2. The first kappa shape index (κ1) is 10.2. The van der Waals surface area contributed by atoms with Crippen LogP contribution in [0.2, 0.25) is 0 Å². The number of Topliss-reactive ketones (excluding diaryl/α,β-unsaturated/α-hetero) is 1. The van der Waals surface area contributed by atoms with Crippen LogP contribution in [-0.4, -0.2) is 5.78 Å². The molecule has 3 heteroatoms. The SMILES string of the molecule is CC(C)CC(=O)c1csc(I)c1. The van der Waals surface area contributed by atoms with Gasteiger partial charge in [-0.1, -0.05) is 13.8 Å². The van der Waals surface area contributed by atoms with Crippen molar-refractivity contribution in [1.82, 2.24) is 0 Å². The van der Waals surface area contributed by atoms with Crippen LogP contribution in [0.1, 0.15) is 30.6 Å². The summed E-state index contributed by atoms with van der Waals surface area (Å²) in [5.41, 5.74) is 0.873. The van der Waals surface area contributed by atoms with Gasteiger partial charge >= 0.3 is 0 Å². The van der Waals surface area contributed by atoms with E-state index in [9.17, 15) is 4.79 Å². The molecular weight excluding hydrogens is 283 g/mol. The van der Waals surface area contributed by atoms with Crippen molar-refractivity contribution in [2.24, 2.45) is 5.92 Å². The van der Waals surface area contributed by atoms with Crippen molar-refractivity contribution in [3.8, 4) is 0 Å². The van der Waals surface area contributed by atoms with Gasteiger partial charge in [-0.3, -0.25) is 4.79 Å². The van der Waals surface area contributed by atoms with Crippen molar-refractivity contribution in [1.29, 1.82) is 0 Å². The number of halogens is 1. The fourth-order valence-corrected chi connectivity index (χ4v) is 2.30. The second-order valence-electron chi connectivity index (χ2n) is 3.16. The van der Waals surface area contributed by atoms with E-state index in [0.717, 1.165) is 5.56 Å². The molecule has 0 spiro atoms. The van der Waals surface area contributed by atoms with Crippen molar-refractivity contribution in [2.45, 2.75) is 20.3 Å². The van der Waals surface area contributed by atoms with Gasteiger partial charge in [0, 0.05) is 17.4 Å². The minimum atomic E-state index is 0.268. The number of ketones is 1. The monoisotopic (exact) mass is 294 g/mol. The van der Waals surface area contributed by atoms with Crippen LogP contribution in [-0.2, 0) is 0 Å². The number of rotatable bonds is 3. The van der Waals surface area contributed by atoms with Crippen molar-refractivity contribution in [3.63, 3.8) is 0 Å². The molecule has 1 heterocycles. The fourth-order valence-electron chi connectivity index (χ4n) is 0.945. The molecule has 0 aromatic carbocycles. The van der Waals surface area contributed by atoms with Gasteiger partial charge in [-0.2, -0.15) is 0 Å². The quantitative estimate of drug-likeness (QED) is 0.615. The molecule has 1 rings (SSSR count). The molecule has 0 aliphatic carbocycles. The van der Waals surface area contributed by atoms with E-state index in [1.807, 2.05) is 11.4 Å². The average molecular weight is 294 g/mol. The molecule has 0 fully saturated rings. The zero-order valence-electron chi connectivity index (χ0n) is 7.13. The summed E-state index contributed by atoms with van der Waals surface area (Å²) in [6, 6.07) is 1.95. The first-order chi connectivity index (χ1) is 5.59. The summed E-state index contributed by atoms with van der Waals surface area (Å²) in [4.78, 5) is 11.5. The maximum Gasteiger partial charge on any atom is 0.164 e.